The number of esters is 1. The van der Waals surface area contributed by atoms with Crippen LogP contribution in [0.4, 0.5) is 4.79 Å². The van der Waals surface area contributed by atoms with Gasteiger partial charge in [0.05, 0.1) is 12.5 Å². The second-order valence-corrected chi connectivity index (χ2v) is 4.74. The highest BCUT2D eigenvalue weighted by molar-refractivity contribution is 6.20. The molecular formula is C15H19ClN2O5. The highest BCUT2D eigenvalue weighted by atomic mass is 35.5. The minimum Gasteiger partial charge on any atom is -0.465 e. The molecule has 0 aliphatic carbocycles. The summed E-state index contributed by atoms with van der Waals surface area (Å²) in [7, 11) is 0. The smallest absolute Gasteiger partial charge is 0.408 e. The third-order valence-electron chi connectivity index (χ3n) is 2.69. The number of alkyl carbamates (subject to hydrolysis) is 1. The summed E-state index contributed by atoms with van der Waals surface area (Å²) in [5.41, 5.74) is 0.817. The van der Waals surface area contributed by atoms with E-state index in [2.05, 4.69) is 15.4 Å². The van der Waals surface area contributed by atoms with Gasteiger partial charge in [0.15, 0.2) is 0 Å². The molecule has 0 unspecified atom stereocenters. The zero-order valence-electron chi connectivity index (χ0n) is 12.7. The Kier molecular flexibility index (Phi) is 8.52. The predicted octanol–water partition coefficient (Wildman–Crippen LogP) is 1.20. The Morgan fingerprint density at radius 1 is 1.17 bits per heavy atom. The Morgan fingerprint density at radius 2 is 1.87 bits per heavy atom. The van der Waals surface area contributed by atoms with E-state index in [4.69, 9.17) is 16.3 Å². The SMILES string of the molecule is CCOC(=O)CNC(=O)[C@H](CCl)NC(=O)OCc1ccccc1. The lowest BCUT2D eigenvalue weighted by molar-refractivity contribution is -0.143. The number of alkyl halides is 1. The number of halogens is 1. The molecule has 1 atom stereocenters. The van der Waals surface area contributed by atoms with E-state index in [-0.39, 0.29) is 25.6 Å². The molecule has 0 radical (unpaired) electrons. The fourth-order valence-corrected chi connectivity index (χ4v) is 1.79. The fraction of sp³-hybridized carbons (Fsp3) is 0.400. The second-order valence-electron chi connectivity index (χ2n) is 4.44. The minimum atomic E-state index is -1.01. The minimum absolute atomic E-state index is 0.0755. The van der Waals surface area contributed by atoms with Crippen molar-refractivity contribution in [2.45, 2.75) is 19.6 Å². The lowest BCUT2D eigenvalue weighted by Gasteiger charge is -2.15. The van der Waals surface area contributed by atoms with E-state index in [1.807, 2.05) is 18.2 Å². The van der Waals surface area contributed by atoms with E-state index in [0.717, 1.165) is 5.56 Å². The zero-order valence-corrected chi connectivity index (χ0v) is 13.5. The summed E-state index contributed by atoms with van der Waals surface area (Å²) >= 11 is 5.65. The van der Waals surface area contributed by atoms with Gasteiger partial charge < -0.3 is 20.1 Å². The highest BCUT2D eigenvalue weighted by Crippen LogP contribution is 2.01. The first-order valence-electron chi connectivity index (χ1n) is 7.03. The molecule has 2 N–H and O–H groups in total. The number of carbonyl (C=O) groups excluding carboxylic acids is 3. The number of benzene rings is 1. The first-order valence-corrected chi connectivity index (χ1v) is 7.56. The van der Waals surface area contributed by atoms with Gasteiger partial charge in [0.2, 0.25) is 5.91 Å². The quantitative estimate of drug-likeness (QED) is 0.547. The van der Waals surface area contributed by atoms with Crippen molar-refractivity contribution in [1.82, 2.24) is 10.6 Å². The van der Waals surface area contributed by atoms with Crippen molar-refractivity contribution in [2.24, 2.45) is 0 Å². The lowest BCUT2D eigenvalue weighted by Crippen LogP contribution is -2.49. The van der Waals surface area contributed by atoms with Crippen molar-refractivity contribution in [3.8, 4) is 0 Å². The topological polar surface area (TPSA) is 93.7 Å². The first kappa shape index (κ1) is 18.8. The molecule has 0 saturated heterocycles. The summed E-state index contributed by atoms with van der Waals surface area (Å²) in [4.78, 5) is 34.6. The monoisotopic (exact) mass is 342 g/mol. The Labute approximate surface area is 139 Å². The molecule has 1 aromatic rings. The fourth-order valence-electron chi connectivity index (χ4n) is 1.58. The van der Waals surface area contributed by atoms with Crippen LogP contribution >= 0.6 is 11.6 Å². The average Bonchev–Trinajstić information content (AvgIpc) is 2.57. The normalized spacial score (nSPS) is 11.2. The van der Waals surface area contributed by atoms with Crippen LogP contribution in [-0.2, 0) is 25.7 Å². The summed E-state index contributed by atoms with van der Waals surface area (Å²) in [5.74, 6) is -1.32. The number of amides is 2. The van der Waals surface area contributed by atoms with Gasteiger partial charge in [-0.1, -0.05) is 30.3 Å². The van der Waals surface area contributed by atoms with Crippen LogP contribution in [0, 0.1) is 0 Å². The van der Waals surface area contributed by atoms with Crippen molar-refractivity contribution in [2.75, 3.05) is 19.0 Å². The molecule has 1 rings (SSSR count). The van der Waals surface area contributed by atoms with Gasteiger partial charge in [0.25, 0.3) is 0 Å². The molecule has 1 aromatic carbocycles. The number of hydrogen-bond donors (Lipinski definition) is 2. The summed E-state index contributed by atoms with van der Waals surface area (Å²) < 4.78 is 9.67. The van der Waals surface area contributed by atoms with E-state index >= 15 is 0 Å². The Balaban J connectivity index is 2.37. The van der Waals surface area contributed by atoms with Gasteiger partial charge in [-0.25, -0.2) is 4.79 Å². The number of rotatable bonds is 8. The van der Waals surface area contributed by atoms with Crippen molar-refractivity contribution in [3.05, 3.63) is 35.9 Å². The van der Waals surface area contributed by atoms with Gasteiger partial charge in [-0.05, 0) is 12.5 Å². The van der Waals surface area contributed by atoms with Gasteiger partial charge in [-0.3, -0.25) is 9.59 Å². The molecule has 0 aromatic heterocycles. The molecule has 0 spiro atoms. The molecule has 2 amide bonds. The Hall–Kier alpha value is -2.28. The van der Waals surface area contributed by atoms with Crippen LogP contribution in [0.25, 0.3) is 0 Å². The van der Waals surface area contributed by atoms with Crippen LogP contribution in [0.15, 0.2) is 30.3 Å². The van der Waals surface area contributed by atoms with Gasteiger partial charge >= 0.3 is 12.1 Å². The summed E-state index contributed by atoms with van der Waals surface area (Å²) in [5, 5.41) is 4.66. The van der Waals surface area contributed by atoms with Crippen LogP contribution < -0.4 is 10.6 Å². The van der Waals surface area contributed by atoms with Gasteiger partial charge in [0.1, 0.15) is 19.2 Å². The molecule has 0 saturated carbocycles. The van der Waals surface area contributed by atoms with Crippen molar-refractivity contribution in [3.63, 3.8) is 0 Å². The molecular weight excluding hydrogens is 324 g/mol. The third kappa shape index (κ3) is 7.51. The maximum atomic E-state index is 11.8. The van der Waals surface area contributed by atoms with Gasteiger partial charge in [-0.2, -0.15) is 0 Å². The molecule has 0 bridgehead atoms. The van der Waals surface area contributed by atoms with E-state index in [1.165, 1.54) is 0 Å². The van der Waals surface area contributed by atoms with E-state index in [1.54, 1.807) is 19.1 Å². The Bertz CT molecular complexity index is 524. The Morgan fingerprint density at radius 3 is 2.48 bits per heavy atom. The first-order chi connectivity index (χ1) is 11.1. The number of carbonyl (C=O) groups is 3. The summed E-state index contributed by atoms with van der Waals surface area (Å²) in [6.45, 7) is 1.66. The molecule has 0 fully saturated rings. The largest absolute Gasteiger partial charge is 0.465 e. The summed E-state index contributed by atoms with van der Waals surface area (Å²) in [6, 6.07) is 8.09. The number of nitrogens with one attached hydrogen (secondary N) is 2. The summed E-state index contributed by atoms with van der Waals surface area (Å²) in [6.07, 6.45) is -0.772. The number of hydrogen-bond acceptors (Lipinski definition) is 5. The van der Waals surface area contributed by atoms with Crippen LogP contribution in [0.2, 0.25) is 0 Å². The van der Waals surface area contributed by atoms with E-state index < -0.39 is 24.0 Å². The van der Waals surface area contributed by atoms with Crippen molar-refractivity contribution < 1.29 is 23.9 Å². The van der Waals surface area contributed by atoms with Crippen LogP contribution in [0.3, 0.4) is 0 Å². The number of ether oxygens (including phenoxy) is 2. The lowest BCUT2D eigenvalue weighted by atomic mass is 10.2. The van der Waals surface area contributed by atoms with Crippen LogP contribution in [0.1, 0.15) is 12.5 Å². The standard InChI is InChI=1S/C15H19ClN2O5/c1-2-22-13(19)9-17-14(20)12(8-16)18-15(21)23-10-11-6-4-3-5-7-11/h3-7,12H,2,8-10H2,1H3,(H,17,20)(H,18,21)/t12-/m0/s1. The van der Waals surface area contributed by atoms with Crippen LogP contribution in [-0.4, -0.2) is 43.0 Å². The molecule has 0 aliphatic heterocycles. The van der Waals surface area contributed by atoms with Gasteiger partial charge in [-0.15, -0.1) is 11.6 Å². The molecule has 0 aliphatic rings. The maximum Gasteiger partial charge on any atom is 0.408 e. The van der Waals surface area contributed by atoms with Gasteiger partial charge in [0, 0.05) is 0 Å². The molecule has 7 nitrogen and oxygen atoms in total. The third-order valence-corrected chi connectivity index (χ3v) is 3.00. The van der Waals surface area contributed by atoms with Crippen molar-refractivity contribution in [1.29, 1.82) is 0 Å². The van der Waals surface area contributed by atoms with Crippen molar-refractivity contribution >= 4 is 29.6 Å². The maximum absolute atomic E-state index is 11.8. The second kappa shape index (κ2) is 10.4. The molecule has 0 heterocycles. The van der Waals surface area contributed by atoms with E-state index in [0.29, 0.717) is 0 Å². The molecule has 8 heteroatoms. The van der Waals surface area contributed by atoms with E-state index in [9.17, 15) is 14.4 Å². The van der Waals surface area contributed by atoms with Crippen LogP contribution in [0.5, 0.6) is 0 Å². The highest BCUT2D eigenvalue weighted by Gasteiger charge is 2.21. The molecule has 126 valence electrons. The molecule has 23 heavy (non-hydrogen) atoms. The average molecular weight is 343 g/mol. The predicted molar refractivity (Wildman–Crippen MR) is 83.9 cm³/mol. The zero-order chi connectivity index (χ0) is 17.1.